The summed E-state index contributed by atoms with van der Waals surface area (Å²) >= 11 is 0. The summed E-state index contributed by atoms with van der Waals surface area (Å²) < 4.78 is 24.9. The SMILES string of the molecule is CC(CC=CC1CCCCC1)C1CNC(O)C2(O)C(OC3CCC4C(C3)OCC(C3CCC(O)CC3)C4O)OC(C(=O)O)C(O)C2OCSSCC1C1=C[CH+]N=C1. The fraction of sp³-hybridized carbons (Fsp3) is 0.833. The second-order valence-corrected chi connectivity index (χ2v) is 20.2. The van der Waals surface area contributed by atoms with Crippen molar-refractivity contribution in [3.05, 3.63) is 30.3 Å². The Bertz CT molecular complexity index is 1410. The molecule has 6 fully saturated rings. The summed E-state index contributed by atoms with van der Waals surface area (Å²) in [5.74, 6) is 0.326. The molecule has 0 aromatic rings. The van der Waals surface area contributed by atoms with E-state index < -0.39 is 54.6 Å². The first kappa shape index (κ1) is 43.9. The molecule has 7 N–H and O–H groups in total. The van der Waals surface area contributed by atoms with Crippen LogP contribution in [0.5, 0.6) is 0 Å². The molecular formula is C42H65N2O11S2+. The van der Waals surface area contributed by atoms with Gasteiger partial charge in [-0.1, -0.05) is 59.9 Å². The molecule has 0 aromatic carbocycles. The highest BCUT2D eigenvalue weighted by atomic mass is 33.1. The molecule has 3 saturated heterocycles. The van der Waals surface area contributed by atoms with Gasteiger partial charge < -0.3 is 49.6 Å². The van der Waals surface area contributed by atoms with E-state index in [1.165, 1.54) is 42.9 Å². The van der Waals surface area contributed by atoms with Crippen molar-refractivity contribution in [3.8, 4) is 0 Å². The summed E-state index contributed by atoms with van der Waals surface area (Å²) in [5, 5.41) is 71.0. The molecule has 0 bridgehead atoms. The predicted octanol–water partition coefficient (Wildman–Crippen LogP) is 4.21. The molecule has 13 nitrogen and oxygen atoms in total. The number of aliphatic imine (C=N–C) groups is 1. The van der Waals surface area contributed by atoms with Crippen molar-refractivity contribution >= 4 is 33.8 Å². The lowest BCUT2D eigenvalue weighted by Gasteiger charge is -2.52. The van der Waals surface area contributed by atoms with Crippen LogP contribution in [0.3, 0.4) is 0 Å². The lowest BCUT2D eigenvalue weighted by atomic mass is 9.69. The van der Waals surface area contributed by atoms with E-state index in [4.69, 9.17) is 18.9 Å². The summed E-state index contributed by atoms with van der Waals surface area (Å²) in [6.45, 7) is 4.71. The minimum atomic E-state index is -2.41. The molecule has 0 aromatic heterocycles. The Morgan fingerprint density at radius 3 is 2.56 bits per heavy atom. The monoisotopic (exact) mass is 837 g/mol. The standard InChI is InChI=1S/C42H64N2O11S2/c1-24(6-5-9-25-7-3-2-4-8-25)31-20-44-40(50)42(51)38(53-23-57-56-22-33(31)27-16-17-43-19-27)36(47)37(39(48)49)55-41(42)54-29-14-15-30-34(18-29)52-21-32(35(30)46)26-10-12-28(45)13-11-26/h5,9,16-17,19,24-26,28-38,40-41,44-47,50-51H,2-4,6-8,10-15,18,20-23H2,1H3/p+1. The summed E-state index contributed by atoms with van der Waals surface area (Å²) in [6.07, 6.45) is 10.1. The number of hydrogen-bond acceptors (Lipinski definition) is 14. The number of nitrogens with one attached hydrogen (secondary N) is 1. The van der Waals surface area contributed by atoms with Crippen molar-refractivity contribution in [2.45, 2.75) is 151 Å². The maximum atomic E-state index is 12.7. The van der Waals surface area contributed by atoms with Crippen LogP contribution in [0.1, 0.15) is 90.4 Å². The van der Waals surface area contributed by atoms with Crippen LogP contribution in [0.4, 0.5) is 0 Å². The van der Waals surface area contributed by atoms with E-state index in [0.29, 0.717) is 44.2 Å². The van der Waals surface area contributed by atoms with Crippen molar-refractivity contribution in [3.63, 3.8) is 0 Å². The van der Waals surface area contributed by atoms with Gasteiger partial charge in [-0.15, -0.1) is 4.99 Å². The van der Waals surface area contributed by atoms with Gasteiger partial charge in [0.15, 0.2) is 24.2 Å². The molecule has 14 atom stereocenters. The Kier molecular flexibility index (Phi) is 15.5. The summed E-state index contributed by atoms with van der Waals surface area (Å²) in [5.41, 5.74) is -1.32. The number of rotatable bonds is 9. The van der Waals surface area contributed by atoms with Gasteiger partial charge in [-0.25, -0.2) is 4.79 Å². The minimum absolute atomic E-state index is 0.00256. The molecule has 14 unspecified atom stereocenters. The van der Waals surface area contributed by atoms with Crippen LogP contribution in [0.25, 0.3) is 0 Å². The van der Waals surface area contributed by atoms with Gasteiger partial charge in [-0.05, 0) is 81.5 Å². The Morgan fingerprint density at radius 2 is 1.82 bits per heavy atom. The molecule has 7 aliphatic rings. The quantitative estimate of drug-likeness (QED) is 0.0990. The first-order chi connectivity index (χ1) is 27.5. The minimum Gasteiger partial charge on any atom is -0.479 e. The number of allylic oxidation sites excluding steroid dienone is 3. The lowest BCUT2D eigenvalue weighted by molar-refractivity contribution is -0.371. The lowest BCUT2D eigenvalue weighted by Crippen LogP contribution is -2.75. The first-order valence-corrected chi connectivity index (χ1v) is 24.0. The van der Waals surface area contributed by atoms with Gasteiger partial charge in [0.1, 0.15) is 36.5 Å². The fourth-order valence-corrected chi connectivity index (χ4v) is 12.8. The summed E-state index contributed by atoms with van der Waals surface area (Å²) in [7, 11) is 3.01. The summed E-state index contributed by atoms with van der Waals surface area (Å²) in [6, 6.07) is 0. The number of carboxylic acids is 1. The Morgan fingerprint density at radius 1 is 1.04 bits per heavy atom. The normalized spacial score (nSPS) is 44.5. The van der Waals surface area contributed by atoms with E-state index in [-0.39, 0.29) is 47.7 Å². The van der Waals surface area contributed by atoms with Gasteiger partial charge in [0.05, 0.1) is 43.0 Å². The number of aliphatic hydroxyl groups is 5. The molecule has 0 spiro atoms. The number of fused-ring (bicyclic) bond motifs is 2. The average Bonchev–Trinajstić information content (AvgIpc) is 3.74. The molecule has 0 amide bonds. The molecule has 15 heteroatoms. The van der Waals surface area contributed by atoms with Gasteiger partial charge >= 0.3 is 5.97 Å². The average molecular weight is 838 g/mol. The topological polar surface area (TPSA) is 200 Å². The number of aliphatic carboxylic acids is 1. The van der Waals surface area contributed by atoms with Crippen molar-refractivity contribution in [1.82, 2.24) is 5.32 Å². The smallest absolute Gasteiger partial charge is 0.335 e. The molecule has 3 aliphatic carbocycles. The fourth-order valence-electron chi connectivity index (χ4n) is 10.7. The molecule has 320 valence electrons. The highest BCUT2D eigenvalue weighted by molar-refractivity contribution is 8.76. The van der Waals surface area contributed by atoms with Gasteiger partial charge in [0.25, 0.3) is 0 Å². The van der Waals surface area contributed by atoms with Crippen molar-refractivity contribution < 1.29 is 54.4 Å². The highest BCUT2D eigenvalue weighted by Crippen LogP contribution is 2.45. The highest BCUT2D eigenvalue weighted by Gasteiger charge is 2.63. The zero-order chi connectivity index (χ0) is 40.1. The molecule has 4 aliphatic heterocycles. The molecule has 4 heterocycles. The zero-order valence-electron chi connectivity index (χ0n) is 33.1. The van der Waals surface area contributed by atoms with E-state index in [0.717, 1.165) is 43.4 Å². The van der Waals surface area contributed by atoms with Gasteiger partial charge in [0.2, 0.25) is 0 Å². The van der Waals surface area contributed by atoms with Crippen LogP contribution in [0.15, 0.2) is 28.8 Å². The maximum absolute atomic E-state index is 12.7. The number of hydrogen-bond donors (Lipinski definition) is 7. The third-order valence-electron chi connectivity index (χ3n) is 14.2. The van der Waals surface area contributed by atoms with E-state index in [1.54, 1.807) is 17.3 Å². The number of nitrogens with zero attached hydrogens (tertiary/aromatic N) is 1. The predicted molar refractivity (Wildman–Crippen MR) is 218 cm³/mol. The molecule has 0 radical (unpaired) electrons. The molecule has 3 saturated carbocycles. The van der Waals surface area contributed by atoms with Crippen LogP contribution in [-0.2, 0) is 23.7 Å². The van der Waals surface area contributed by atoms with Crippen molar-refractivity contribution in [1.29, 1.82) is 0 Å². The largest absolute Gasteiger partial charge is 0.479 e. The van der Waals surface area contributed by atoms with Crippen LogP contribution in [-0.4, -0.2) is 129 Å². The Balaban J connectivity index is 1.08. The number of carbonyl (C=O) groups is 1. The Hall–Kier alpha value is -1.21. The van der Waals surface area contributed by atoms with Crippen molar-refractivity contribution in [2.75, 3.05) is 24.8 Å². The Labute approximate surface area is 345 Å². The van der Waals surface area contributed by atoms with Gasteiger partial charge in [0, 0.05) is 30.6 Å². The molecular weight excluding hydrogens is 773 g/mol. The van der Waals surface area contributed by atoms with Crippen molar-refractivity contribution in [2.24, 2.45) is 46.4 Å². The molecule has 7 rings (SSSR count). The van der Waals surface area contributed by atoms with E-state index in [2.05, 4.69) is 29.4 Å². The van der Waals surface area contributed by atoms with E-state index in [9.17, 15) is 35.4 Å². The second-order valence-electron chi connectivity index (χ2n) is 17.8. The number of carboxylic acid groups (broad SMARTS) is 1. The van der Waals surface area contributed by atoms with E-state index >= 15 is 0 Å². The second kappa shape index (κ2) is 20.1. The zero-order valence-corrected chi connectivity index (χ0v) is 34.8. The first-order valence-electron chi connectivity index (χ1n) is 21.5. The third-order valence-corrected chi connectivity index (χ3v) is 16.3. The van der Waals surface area contributed by atoms with Gasteiger partial charge in [-0.3, -0.25) is 5.32 Å². The number of ether oxygens (including phenoxy) is 4. The summed E-state index contributed by atoms with van der Waals surface area (Å²) in [4.78, 5) is 16.8. The van der Waals surface area contributed by atoms with Crippen LogP contribution in [0, 0.1) is 48.0 Å². The van der Waals surface area contributed by atoms with Crippen LogP contribution >= 0.6 is 21.6 Å². The number of aliphatic hydroxyl groups excluding tert-OH is 4. The van der Waals surface area contributed by atoms with Crippen LogP contribution < -0.4 is 5.32 Å². The third kappa shape index (κ3) is 10.1. The van der Waals surface area contributed by atoms with E-state index in [1.807, 2.05) is 12.3 Å². The van der Waals surface area contributed by atoms with Gasteiger partial charge in [-0.2, -0.15) is 0 Å². The molecule has 57 heavy (non-hydrogen) atoms. The van der Waals surface area contributed by atoms with Crippen LogP contribution in [0.2, 0.25) is 0 Å². The maximum Gasteiger partial charge on any atom is 0.335 e.